The first kappa shape index (κ1) is 32.9. The monoisotopic (exact) mass is 644 g/mol. The number of rotatable bonds is 13. The first-order valence-corrected chi connectivity index (χ1v) is 19.6. The lowest BCUT2D eigenvalue weighted by Gasteiger charge is -2.36. The normalized spacial score (nSPS) is 16.0. The second kappa shape index (κ2) is 13.3. The summed E-state index contributed by atoms with van der Waals surface area (Å²) in [6.45, 7) is 8.60. The number of para-hydroxylation sites is 2. The van der Waals surface area contributed by atoms with E-state index in [0.717, 1.165) is 10.3 Å². The predicted octanol–water partition coefficient (Wildman–Crippen LogP) is 4.24. The minimum atomic E-state index is -4.76. The van der Waals surface area contributed by atoms with E-state index in [-0.39, 0.29) is 49.4 Å². The van der Waals surface area contributed by atoms with E-state index in [0.29, 0.717) is 18.1 Å². The molecular weight excluding hydrogens is 605 g/mol. The summed E-state index contributed by atoms with van der Waals surface area (Å²) in [7, 11) is -3.92. The van der Waals surface area contributed by atoms with Crippen LogP contribution in [0.5, 0.6) is 5.88 Å². The van der Waals surface area contributed by atoms with Gasteiger partial charge in [-0.25, -0.2) is 22.7 Å². The number of aromatic nitrogens is 6. The molecule has 238 valence electrons. The van der Waals surface area contributed by atoms with Gasteiger partial charge in [-0.2, -0.15) is 18.0 Å². The molecule has 1 fully saturated rings. The Bertz CT molecular complexity index is 1480. The van der Waals surface area contributed by atoms with Crippen LogP contribution in [0.15, 0.2) is 24.3 Å². The third-order valence-electron chi connectivity index (χ3n) is 7.07. The molecule has 0 aliphatic carbocycles. The van der Waals surface area contributed by atoms with Crippen LogP contribution in [-0.4, -0.2) is 91.1 Å². The van der Waals surface area contributed by atoms with E-state index in [1.54, 1.807) is 43.1 Å². The first-order chi connectivity index (χ1) is 20.2. The molecule has 43 heavy (non-hydrogen) atoms. The Hall–Kier alpha value is -3.05. The maximum absolute atomic E-state index is 14.6. The molecule has 1 saturated heterocycles. The van der Waals surface area contributed by atoms with Crippen LogP contribution >= 0.6 is 0 Å². The zero-order valence-corrected chi connectivity index (χ0v) is 26.9. The second-order valence-corrected chi connectivity index (χ2v) is 19.5. The van der Waals surface area contributed by atoms with Gasteiger partial charge in [0, 0.05) is 33.7 Å². The summed E-state index contributed by atoms with van der Waals surface area (Å²) in [5, 5.41) is 11.9. The molecule has 1 atom stereocenters. The largest absolute Gasteiger partial charge is 0.462 e. The molecule has 12 nitrogen and oxygen atoms in total. The Kier molecular flexibility index (Phi) is 10.2. The Labute approximate surface area is 250 Å². The average molecular weight is 645 g/mol. The number of halogens is 3. The van der Waals surface area contributed by atoms with Crippen LogP contribution in [0.25, 0.3) is 11.0 Å². The van der Waals surface area contributed by atoms with Crippen molar-refractivity contribution in [1.82, 2.24) is 30.2 Å². The fourth-order valence-electron chi connectivity index (χ4n) is 4.74. The van der Waals surface area contributed by atoms with Crippen molar-refractivity contribution in [3.63, 3.8) is 0 Å². The zero-order chi connectivity index (χ0) is 31.4. The maximum Gasteiger partial charge on any atom is 0.425 e. The van der Waals surface area contributed by atoms with Crippen molar-refractivity contribution < 1.29 is 31.1 Å². The average Bonchev–Trinajstić information content (AvgIpc) is 3.36. The molecular formula is C26H39F3N8O4SSi. The molecule has 0 bridgehead atoms. The summed E-state index contributed by atoms with van der Waals surface area (Å²) in [6, 6.07) is 7.34. The maximum atomic E-state index is 14.6. The Morgan fingerprint density at radius 3 is 2.33 bits per heavy atom. The Morgan fingerprint density at radius 2 is 1.77 bits per heavy atom. The summed E-state index contributed by atoms with van der Waals surface area (Å²) >= 11 is 0. The number of hydrogen-bond donors (Lipinski definition) is 0. The molecule has 2 aromatic heterocycles. The third-order valence-corrected chi connectivity index (χ3v) is 10.6. The summed E-state index contributed by atoms with van der Waals surface area (Å²) in [4.78, 5) is 11.9. The van der Waals surface area contributed by atoms with Crippen molar-refractivity contribution in [2.75, 3.05) is 41.4 Å². The number of sulfonamides is 1. The van der Waals surface area contributed by atoms with Gasteiger partial charge in [0.15, 0.2) is 6.10 Å². The van der Waals surface area contributed by atoms with Crippen LogP contribution in [0, 0.1) is 5.92 Å². The number of anilines is 2. The zero-order valence-electron chi connectivity index (χ0n) is 25.1. The number of alkyl halides is 3. The van der Waals surface area contributed by atoms with Gasteiger partial charge >= 0.3 is 6.18 Å². The van der Waals surface area contributed by atoms with Gasteiger partial charge < -0.3 is 14.4 Å². The number of aryl methyl sites for hydroxylation is 1. The summed E-state index contributed by atoms with van der Waals surface area (Å²) in [5.41, 5.74) is 0.593. The van der Waals surface area contributed by atoms with E-state index < -0.39 is 48.9 Å². The van der Waals surface area contributed by atoms with Gasteiger partial charge in [-0.1, -0.05) is 43.8 Å². The highest BCUT2D eigenvalue weighted by Gasteiger charge is 2.49. The highest BCUT2D eigenvalue weighted by Crippen LogP contribution is 2.38. The van der Waals surface area contributed by atoms with Crippen LogP contribution in [0.3, 0.4) is 0 Å². The fourth-order valence-corrected chi connectivity index (χ4v) is 6.85. The molecule has 4 rings (SSSR count). The van der Waals surface area contributed by atoms with Crippen molar-refractivity contribution in [2.45, 2.75) is 64.2 Å². The number of piperidine rings is 1. The SMILES string of the molecule is CCCS(=O)(=O)N(COCC[Si](C)(C)C)c1nc2ccccc2nc1OC(C1CCN(c2nnn(C)n2)CC1)C(F)(F)F. The van der Waals surface area contributed by atoms with Crippen molar-refractivity contribution in [3.8, 4) is 5.88 Å². The first-order valence-electron chi connectivity index (χ1n) is 14.2. The molecule has 3 aromatic rings. The lowest BCUT2D eigenvalue weighted by atomic mass is 9.91. The van der Waals surface area contributed by atoms with E-state index in [2.05, 4.69) is 45.0 Å². The number of tetrazole rings is 1. The third kappa shape index (κ3) is 8.53. The Balaban J connectivity index is 1.68. The lowest BCUT2D eigenvalue weighted by molar-refractivity contribution is -0.212. The molecule has 1 aliphatic rings. The predicted molar refractivity (Wildman–Crippen MR) is 159 cm³/mol. The van der Waals surface area contributed by atoms with E-state index in [1.807, 2.05) is 0 Å². The van der Waals surface area contributed by atoms with Crippen LogP contribution in [0.1, 0.15) is 26.2 Å². The van der Waals surface area contributed by atoms with Gasteiger partial charge in [-0.3, -0.25) is 0 Å². The summed E-state index contributed by atoms with van der Waals surface area (Å²) in [6.07, 6.45) is -6.45. The van der Waals surface area contributed by atoms with Gasteiger partial charge in [0.1, 0.15) is 6.73 Å². The number of ether oxygens (including phenoxy) is 2. The van der Waals surface area contributed by atoms with Crippen LogP contribution < -0.4 is 13.9 Å². The van der Waals surface area contributed by atoms with Crippen LogP contribution in [0.4, 0.5) is 24.9 Å². The molecule has 0 N–H and O–H groups in total. The van der Waals surface area contributed by atoms with Crippen molar-refractivity contribution in [3.05, 3.63) is 24.3 Å². The minimum Gasteiger partial charge on any atom is -0.462 e. The van der Waals surface area contributed by atoms with E-state index in [9.17, 15) is 21.6 Å². The van der Waals surface area contributed by atoms with E-state index >= 15 is 0 Å². The fraction of sp³-hybridized carbons (Fsp3) is 0.654. The molecule has 17 heteroatoms. The molecule has 0 radical (unpaired) electrons. The van der Waals surface area contributed by atoms with Gasteiger partial charge in [-0.15, -0.1) is 5.10 Å². The van der Waals surface area contributed by atoms with Gasteiger partial charge in [0.2, 0.25) is 15.8 Å². The van der Waals surface area contributed by atoms with E-state index in [4.69, 9.17) is 9.47 Å². The molecule has 1 aromatic carbocycles. The standard InChI is InChI=1S/C26H39F3N8O4SSi/c1-6-16-42(38,39)37(18-40-15-17-43(3,4)5)23-24(31-21-10-8-7-9-20(21)30-23)41-22(26(27,28)29)19-11-13-36(14-12-19)25-32-34-35(2)33-25/h7-10,19,22H,6,11-18H2,1-5H3. The van der Waals surface area contributed by atoms with Gasteiger partial charge in [0.05, 0.1) is 23.8 Å². The quantitative estimate of drug-likeness (QED) is 0.151. The van der Waals surface area contributed by atoms with Crippen LogP contribution in [0.2, 0.25) is 25.7 Å². The van der Waals surface area contributed by atoms with E-state index in [1.165, 1.54) is 4.80 Å². The summed E-state index contributed by atoms with van der Waals surface area (Å²) < 4.78 is 83.1. The number of nitrogens with zero attached hydrogens (tertiary/aromatic N) is 8. The minimum absolute atomic E-state index is 0.135. The number of benzene rings is 1. The molecule has 0 saturated carbocycles. The smallest absolute Gasteiger partial charge is 0.425 e. The topological polar surface area (TPSA) is 128 Å². The van der Waals surface area contributed by atoms with Crippen molar-refractivity contribution >= 4 is 40.9 Å². The number of hydrogen-bond acceptors (Lipinski definition) is 10. The molecule has 0 spiro atoms. The molecule has 3 heterocycles. The van der Waals surface area contributed by atoms with Crippen molar-refractivity contribution in [1.29, 1.82) is 0 Å². The lowest BCUT2D eigenvalue weighted by Crippen LogP contribution is -2.47. The molecule has 1 unspecified atom stereocenters. The Morgan fingerprint density at radius 1 is 1.12 bits per heavy atom. The van der Waals surface area contributed by atoms with Gasteiger partial charge in [-0.05, 0) is 42.7 Å². The van der Waals surface area contributed by atoms with Crippen LogP contribution in [-0.2, 0) is 21.8 Å². The number of fused-ring (bicyclic) bond motifs is 1. The van der Waals surface area contributed by atoms with Gasteiger partial charge in [0.25, 0.3) is 11.8 Å². The summed E-state index contributed by atoms with van der Waals surface area (Å²) in [5.74, 6) is -1.67. The highest BCUT2D eigenvalue weighted by atomic mass is 32.2. The molecule has 0 amide bonds. The van der Waals surface area contributed by atoms with Crippen molar-refractivity contribution in [2.24, 2.45) is 13.0 Å². The molecule has 1 aliphatic heterocycles. The second-order valence-electron chi connectivity index (χ2n) is 11.8. The highest BCUT2D eigenvalue weighted by molar-refractivity contribution is 7.92.